The molecule has 0 fully saturated rings. The fourth-order valence-electron chi connectivity index (χ4n) is 3.19. The number of thioether (sulfide) groups is 1. The van der Waals surface area contributed by atoms with E-state index in [-0.39, 0.29) is 11.7 Å². The van der Waals surface area contributed by atoms with E-state index < -0.39 is 0 Å². The predicted molar refractivity (Wildman–Crippen MR) is 132 cm³/mol. The molecule has 0 aliphatic rings. The molecule has 3 aromatic carbocycles. The van der Waals surface area contributed by atoms with E-state index in [4.69, 9.17) is 9.72 Å². The zero-order chi connectivity index (χ0) is 22.3. The molecule has 0 bridgehead atoms. The number of fused-ring (bicyclic) bond motifs is 1. The van der Waals surface area contributed by atoms with Crippen molar-refractivity contribution in [3.05, 3.63) is 88.4 Å². The van der Waals surface area contributed by atoms with Gasteiger partial charge in [0, 0.05) is 0 Å². The number of benzene rings is 3. The Bertz CT molecular complexity index is 1260. The highest BCUT2D eigenvalue weighted by molar-refractivity contribution is 9.10. The molecule has 4 aromatic rings. The summed E-state index contributed by atoms with van der Waals surface area (Å²) in [5, 5.41) is 4.86. The van der Waals surface area contributed by atoms with Gasteiger partial charge in [-0.15, -0.1) is 0 Å². The molecular formula is C24H21BrN4O2S. The van der Waals surface area contributed by atoms with Crippen LogP contribution < -0.4 is 10.2 Å². The van der Waals surface area contributed by atoms with Crippen LogP contribution in [-0.2, 0) is 11.3 Å². The summed E-state index contributed by atoms with van der Waals surface area (Å²) in [6, 6.07) is 23.8. The Kier molecular flexibility index (Phi) is 7.24. The average molecular weight is 509 g/mol. The van der Waals surface area contributed by atoms with Gasteiger partial charge < -0.3 is 9.30 Å². The predicted octanol–water partition coefficient (Wildman–Crippen LogP) is 5.10. The van der Waals surface area contributed by atoms with Crippen molar-refractivity contribution in [1.29, 1.82) is 0 Å². The van der Waals surface area contributed by atoms with Gasteiger partial charge >= 0.3 is 0 Å². The number of nitrogens with zero attached hydrogens (tertiary/aromatic N) is 3. The van der Waals surface area contributed by atoms with Gasteiger partial charge in [-0.25, -0.2) is 10.4 Å². The van der Waals surface area contributed by atoms with Crippen molar-refractivity contribution in [1.82, 2.24) is 15.0 Å². The highest BCUT2D eigenvalue weighted by Gasteiger charge is 2.13. The molecule has 0 aliphatic carbocycles. The summed E-state index contributed by atoms with van der Waals surface area (Å²) in [5.41, 5.74) is 6.55. The summed E-state index contributed by atoms with van der Waals surface area (Å²) in [5.74, 6) is 0.750. The van der Waals surface area contributed by atoms with Gasteiger partial charge in [-0.2, -0.15) is 5.10 Å². The van der Waals surface area contributed by atoms with E-state index in [2.05, 4.69) is 43.2 Å². The van der Waals surface area contributed by atoms with Crippen LogP contribution in [0.25, 0.3) is 11.0 Å². The molecule has 1 heterocycles. The number of carbonyl (C=O) groups is 1. The first-order chi connectivity index (χ1) is 15.6. The first-order valence-electron chi connectivity index (χ1n) is 9.91. The third kappa shape index (κ3) is 5.38. The first-order valence-corrected chi connectivity index (χ1v) is 11.7. The molecule has 4 rings (SSSR count). The smallest absolute Gasteiger partial charge is 0.250 e. The van der Waals surface area contributed by atoms with Crippen molar-refractivity contribution in [3.63, 3.8) is 0 Å². The van der Waals surface area contributed by atoms with Crippen LogP contribution in [0, 0.1) is 0 Å². The molecule has 0 spiro atoms. The van der Waals surface area contributed by atoms with Gasteiger partial charge in [-0.05, 0) is 57.4 Å². The van der Waals surface area contributed by atoms with E-state index in [1.54, 1.807) is 13.3 Å². The normalized spacial score (nSPS) is 11.2. The van der Waals surface area contributed by atoms with E-state index in [0.717, 1.165) is 32.0 Å². The zero-order valence-corrected chi connectivity index (χ0v) is 19.8. The lowest BCUT2D eigenvalue weighted by atomic mass is 10.2. The number of hydrogen-bond donors (Lipinski definition) is 1. The van der Waals surface area contributed by atoms with Crippen LogP contribution in [0.15, 0.2) is 87.5 Å². The molecule has 162 valence electrons. The van der Waals surface area contributed by atoms with Crippen LogP contribution in [0.3, 0.4) is 0 Å². The third-order valence-electron chi connectivity index (χ3n) is 4.71. The topological polar surface area (TPSA) is 68.5 Å². The van der Waals surface area contributed by atoms with E-state index in [9.17, 15) is 4.79 Å². The molecule has 1 aromatic heterocycles. The number of rotatable bonds is 8. The number of hydrogen-bond acceptors (Lipinski definition) is 5. The zero-order valence-electron chi connectivity index (χ0n) is 17.4. The van der Waals surface area contributed by atoms with Crippen LogP contribution in [0.2, 0.25) is 0 Å². The highest BCUT2D eigenvalue weighted by atomic mass is 79.9. The molecule has 0 unspecified atom stereocenters. The van der Waals surface area contributed by atoms with Crippen molar-refractivity contribution in [3.8, 4) is 5.75 Å². The number of nitrogens with one attached hydrogen (secondary N) is 1. The van der Waals surface area contributed by atoms with Crippen LogP contribution in [0.4, 0.5) is 0 Å². The maximum atomic E-state index is 12.3. The molecule has 6 nitrogen and oxygen atoms in total. The second-order valence-electron chi connectivity index (χ2n) is 6.93. The number of carbonyl (C=O) groups excluding carboxylic acids is 1. The van der Waals surface area contributed by atoms with Gasteiger partial charge in [-0.1, -0.05) is 54.2 Å². The summed E-state index contributed by atoms with van der Waals surface area (Å²) in [6.07, 6.45) is 1.59. The average Bonchev–Trinajstić information content (AvgIpc) is 3.16. The summed E-state index contributed by atoms with van der Waals surface area (Å²) in [7, 11) is 1.61. The Morgan fingerprint density at radius 2 is 1.94 bits per heavy atom. The molecule has 0 aliphatic heterocycles. The number of methoxy groups -OCH3 is 1. The fourth-order valence-corrected chi connectivity index (χ4v) is 4.55. The number of amides is 1. The molecule has 0 radical (unpaired) electrons. The van der Waals surface area contributed by atoms with Gasteiger partial charge in [0.1, 0.15) is 5.75 Å². The SMILES string of the molecule is COc1ccc(/C=N\NC(=O)CSc2nc3ccccc3n2Cc2ccccc2)cc1Br. The van der Waals surface area contributed by atoms with Crippen LogP contribution in [0.1, 0.15) is 11.1 Å². The Balaban J connectivity index is 1.42. The second-order valence-corrected chi connectivity index (χ2v) is 8.73. The minimum absolute atomic E-state index is 0.197. The molecule has 0 saturated heterocycles. The number of imidazole rings is 1. The first kappa shape index (κ1) is 22.1. The Labute approximate surface area is 198 Å². The van der Waals surface area contributed by atoms with Crippen LogP contribution in [0.5, 0.6) is 5.75 Å². The maximum Gasteiger partial charge on any atom is 0.250 e. The summed E-state index contributed by atoms with van der Waals surface area (Å²) in [4.78, 5) is 17.1. The number of aromatic nitrogens is 2. The number of ether oxygens (including phenoxy) is 1. The largest absolute Gasteiger partial charge is 0.496 e. The molecular weight excluding hydrogens is 488 g/mol. The van der Waals surface area contributed by atoms with Gasteiger partial charge in [0.05, 0.1) is 41.1 Å². The van der Waals surface area contributed by atoms with E-state index in [1.165, 1.54) is 17.3 Å². The lowest BCUT2D eigenvalue weighted by molar-refractivity contribution is -0.118. The van der Waals surface area contributed by atoms with Crippen molar-refractivity contribution in [2.45, 2.75) is 11.7 Å². The van der Waals surface area contributed by atoms with Crippen molar-refractivity contribution in [2.24, 2.45) is 5.10 Å². The van der Waals surface area contributed by atoms with Gasteiger partial charge in [0.25, 0.3) is 5.91 Å². The highest BCUT2D eigenvalue weighted by Crippen LogP contribution is 2.26. The van der Waals surface area contributed by atoms with E-state index >= 15 is 0 Å². The van der Waals surface area contributed by atoms with E-state index in [0.29, 0.717) is 6.54 Å². The molecule has 32 heavy (non-hydrogen) atoms. The fraction of sp³-hybridized carbons (Fsp3) is 0.125. The molecule has 1 N–H and O–H groups in total. The standard InChI is InChI=1S/C24H21BrN4O2S/c1-31-22-12-11-18(13-19(22)25)14-26-28-23(30)16-32-24-27-20-9-5-6-10-21(20)29(24)15-17-7-3-2-4-8-17/h2-14H,15-16H2,1H3,(H,28,30)/b26-14-. The molecule has 0 saturated carbocycles. The molecule has 1 amide bonds. The Morgan fingerprint density at radius 1 is 1.16 bits per heavy atom. The summed E-state index contributed by atoms with van der Waals surface area (Å²) < 4.78 is 8.18. The molecule has 8 heteroatoms. The van der Waals surface area contributed by atoms with Crippen molar-refractivity contribution >= 4 is 50.8 Å². The van der Waals surface area contributed by atoms with E-state index in [1.807, 2.05) is 60.7 Å². The Hall–Kier alpha value is -3.10. The Morgan fingerprint density at radius 3 is 2.72 bits per heavy atom. The van der Waals surface area contributed by atoms with Crippen LogP contribution >= 0.6 is 27.7 Å². The second kappa shape index (κ2) is 10.5. The maximum absolute atomic E-state index is 12.3. The van der Waals surface area contributed by atoms with Gasteiger partial charge in [0.2, 0.25) is 0 Å². The summed E-state index contributed by atoms with van der Waals surface area (Å²) >= 11 is 4.83. The quantitative estimate of drug-likeness (QED) is 0.204. The number of para-hydroxylation sites is 2. The van der Waals surface area contributed by atoms with Gasteiger partial charge in [0.15, 0.2) is 5.16 Å². The third-order valence-corrected chi connectivity index (χ3v) is 6.31. The number of halogens is 1. The monoisotopic (exact) mass is 508 g/mol. The van der Waals surface area contributed by atoms with Crippen LogP contribution in [-0.4, -0.2) is 34.5 Å². The van der Waals surface area contributed by atoms with Gasteiger partial charge in [-0.3, -0.25) is 4.79 Å². The lowest BCUT2D eigenvalue weighted by Crippen LogP contribution is -2.20. The summed E-state index contributed by atoms with van der Waals surface area (Å²) in [6.45, 7) is 0.690. The lowest BCUT2D eigenvalue weighted by Gasteiger charge is -2.09. The van der Waals surface area contributed by atoms with Crippen molar-refractivity contribution < 1.29 is 9.53 Å². The minimum Gasteiger partial charge on any atom is -0.496 e. The minimum atomic E-state index is -0.197. The molecule has 0 atom stereocenters. The number of hydrazone groups is 1. The van der Waals surface area contributed by atoms with Crippen molar-refractivity contribution in [2.75, 3.05) is 12.9 Å².